The zero-order chi connectivity index (χ0) is 13.0. The van der Waals surface area contributed by atoms with Gasteiger partial charge in [0.05, 0.1) is 5.02 Å². The second-order valence-corrected chi connectivity index (χ2v) is 5.86. The van der Waals surface area contributed by atoms with Crippen LogP contribution in [-0.2, 0) is 0 Å². The topological polar surface area (TPSA) is 12.0 Å². The molecule has 0 aromatic heterocycles. The van der Waals surface area contributed by atoms with Gasteiger partial charge in [0.1, 0.15) is 5.82 Å². The summed E-state index contributed by atoms with van der Waals surface area (Å²) in [4.78, 5) is 0. The van der Waals surface area contributed by atoms with E-state index in [1.165, 1.54) is 6.07 Å². The fraction of sp³-hybridized carbons (Fsp3) is 0.538. The van der Waals surface area contributed by atoms with Crippen LogP contribution in [0.4, 0.5) is 4.39 Å². The second kappa shape index (κ2) is 6.72. The van der Waals surface area contributed by atoms with Crippen LogP contribution >= 0.6 is 27.5 Å². The quantitative estimate of drug-likeness (QED) is 0.757. The minimum atomic E-state index is -0.218. The highest BCUT2D eigenvalue weighted by atomic mass is 79.9. The van der Waals surface area contributed by atoms with E-state index in [0.29, 0.717) is 21.0 Å². The van der Waals surface area contributed by atoms with E-state index >= 15 is 0 Å². The Morgan fingerprint density at radius 1 is 1.35 bits per heavy atom. The van der Waals surface area contributed by atoms with E-state index in [9.17, 15) is 4.39 Å². The van der Waals surface area contributed by atoms with Crippen LogP contribution in [0.1, 0.15) is 38.3 Å². The minimum absolute atomic E-state index is 0.0167. The summed E-state index contributed by atoms with van der Waals surface area (Å²) >= 11 is 9.23. The highest BCUT2D eigenvalue weighted by molar-refractivity contribution is 9.10. The molecule has 4 heteroatoms. The highest BCUT2D eigenvalue weighted by Gasteiger charge is 2.16. The Kier molecular flexibility index (Phi) is 5.90. The lowest BCUT2D eigenvalue weighted by atomic mass is 9.97. The van der Waals surface area contributed by atoms with E-state index in [1.54, 1.807) is 6.07 Å². The van der Waals surface area contributed by atoms with Crippen molar-refractivity contribution in [1.82, 2.24) is 5.32 Å². The fourth-order valence-electron chi connectivity index (χ4n) is 1.76. The third-order valence-corrected chi connectivity index (χ3v) is 3.99. The first-order chi connectivity index (χ1) is 7.95. The van der Waals surface area contributed by atoms with Gasteiger partial charge in [-0.2, -0.15) is 0 Å². The van der Waals surface area contributed by atoms with Crippen molar-refractivity contribution in [3.8, 4) is 0 Å². The molecule has 1 nitrogen and oxygen atoms in total. The van der Waals surface area contributed by atoms with Gasteiger partial charge in [-0.05, 0) is 53.9 Å². The smallest absolute Gasteiger partial charge is 0.129 e. The molecule has 0 radical (unpaired) electrons. The summed E-state index contributed by atoms with van der Waals surface area (Å²) < 4.78 is 14.5. The van der Waals surface area contributed by atoms with Crippen molar-refractivity contribution in [2.75, 3.05) is 7.05 Å². The molecular weight excluding hydrogens is 305 g/mol. The van der Waals surface area contributed by atoms with Crippen LogP contribution in [0.2, 0.25) is 5.02 Å². The normalized spacial score (nSPS) is 13.1. The summed E-state index contributed by atoms with van der Waals surface area (Å²) in [6, 6.07) is 3.14. The second-order valence-electron chi connectivity index (χ2n) is 4.60. The van der Waals surface area contributed by atoms with E-state index in [-0.39, 0.29) is 11.9 Å². The summed E-state index contributed by atoms with van der Waals surface area (Å²) in [6.45, 7) is 4.33. The molecule has 0 aliphatic rings. The third kappa shape index (κ3) is 4.23. The SMILES string of the molecule is CNC(CCC(C)C)c1cc(Cl)c(Br)cc1F. The van der Waals surface area contributed by atoms with Crippen LogP contribution in [0, 0.1) is 11.7 Å². The Balaban J connectivity index is 2.91. The molecule has 0 aliphatic carbocycles. The van der Waals surface area contributed by atoms with Crippen LogP contribution in [0.3, 0.4) is 0 Å². The number of rotatable bonds is 5. The Labute approximate surface area is 116 Å². The van der Waals surface area contributed by atoms with Gasteiger partial charge >= 0.3 is 0 Å². The van der Waals surface area contributed by atoms with Crippen molar-refractivity contribution in [3.05, 3.63) is 33.0 Å². The maximum Gasteiger partial charge on any atom is 0.129 e. The van der Waals surface area contributed by atoms with Gasteiger partial charge in [0.15, 0.2) is 0 Å². The Morgan fingerprint density at radius 2 is 2.00 bits per heavy atom. The Morgan fingerprint density at radius 3 is 2.53 bits per heavy atom. The largest absolute Gasteiger partial charge is 0.313 e. The maximum absolute atomic E-state index is 13.9. The monoisotopic (exact) mass is 321 g/mol. The number of hydrogen-bond donors (Lipinski definition) is 1. The van der Waals surface area contributed by atoms with Gasteiger partial charge in [-0.25, -0.2) is 4.39 Å². The van der Waals surface area contributed by atoms with Crippen molar-refractivity contribution in [2.45, 2.75) is 32.7 Å². The number of halogens is 3. The van der Waals surface area contributed by atoms with Crippen molar-refractivity contribution >= 4 is 27.5 Å². The number of hydrogen-bond acceptors (Lipinski definition) is 1. The van der Waals surface area contributed by atoms with Gasteiger partial charge in [-0.3, -0.25) is 0 Å². The lowest BCUT2D eigenvalue weighted by Gasteiger charge is -2.19. The molecule has 1 unspecified atom stereocenters. The van der Waals surface area contributed by atoms with Crippen LogP contribution in [0.15, 0.2) is 16.6 Å². The molecule has 0 spiro atoms. The van der Waals surface area contributed by atoms with Gasteiger partial charge in [0, 0.05) is 16.1 Å². The molecule has 1 aromatic rings. The van der Waals surface area contributed by atoms with Crippen molar-refractivity contribution in [3.63, 3.8) is 0 Å². The van der Waals surface area contributed by atoms with Crippen molar-refractivity contribution in [2.24, 2.45) is 5.92 Å². The molecule has 96 valence electrons. The van der Waals surface area contributed by atoms with E-state index in [2.05, 4.69) is 35.1 Å². The molecule has 0 aliphatic heterocycles. The van der Waals surface area contributed by atoms with E-state index in [4.69, 9.17) is 11.6 Å². The summed E-state index contributed by atoms with van der Waals surface area (Å²) in [5, 5.41) is 3.69. The molecule has 1 atom stereocenters. The van der Waals surface area contributed by atoms with Crippen LogP contribution in [0.25, 0.3) is 0 Å². The van der Waals surface area contributed by atoms with Gasteiger partial charge < -0.3 is 5.32 Å². The summed E-state index contributed by atoms with van der Waals surface area (Å²) in [6.07, 6.45) is 1.96. The van der Waals surface area contributed by atoms with E-state index < -0.39 is 0 Å². The lowest BCUT2D eigenvalue weighted by molar-refractivity contribution is 0.449. The first-order valence-corrected chi connectivity index (χ1v) is 6.94. The maximum atomic E-state index is 13.9. The molecule has 0 heterocycles. The number of benzene rings is 1. The summed E-state index contributed by atoms with van der Waals surface area (Å²) in [7, 11) is 1.85. The van der Waals surface area contributed by atoms with E-state index in [1.807, 2.05) is 7.05 Å². The molecule has 0 bridgehead atoms. The van der Waals surface area contributed by atoms with Gasteiger partial charge in [0.2, 0.25) is 0 Å². The van der Waals surface area contributed by atoms with Gasteiger partial charge in [-0.1, -0.05) is 25.4 Å². The Bertz CT molecular complexity index is 382. The van der Waals surface area contributed by atoms with Crippen molar-refractivity contribution < 1.29 is 4.39 Å². The first-order valence-electron chi connectivity index (χ1n) is 5.77. The predicted octanol–water partition coefficient (Wildman–Crippen LogP) is 4.94. The molecule has 1 N–H and O–H groups in total. The van der Waals surface area contributed by atoms with Crippen LogP contribution in [0.5, 0.6) is 0 Å². The van der Waals surface area contributed by atoms with Gasteiger partial charge in [0.25, 0.3) is 0 Å². The van der Waals surface area contributed by atoms with Crippen LogP contribution in [-0.4, -0.2) is 7.05 Å². The Hall–Kier alpha value is -0.120. The minimum Gasteiger partial charge on any atom is -0.313 e. The molecule has 0 amide bonds. The molecule has 1 rings (SSSR count). The van der Waals surface area contributed by atoms with Crippen LogP contribution < -0.4 is 5.32 Å². The number of nitrogens with one attached hydrogen (secondary N) is 1. The molecule has 0 fully saturated rings. The predicted molar refractivity (Wildman–Crippen MR) is 75.0 cm³/mol. The fourth-order valence-corrected chi connectivity index (χ4v) is 2.25. The highest BCUT2D eigenvalue weighted by Crippen LogP contribution is 2.30. The zero-order valence-electron chi connectivity index (χ0n) is 10.4. The van der Waals surface area contributed by atoms with E-state index in [0.717, 1.165) is 12.8 Å². The molecule has 1 aromatic carbocycles. The molecular formula is C13H18BrClFN. The van der Waals surface area contributed by atoms with Gasteiger partial charge in [-0.15, -0.1) is 0 Å². The lowest BCUT2D eigenvalue weighted by Crippen LogP contribution is -2.18. The van der Waals surface area contributed by atoms with Crippen molar-refractivity contribution in [1.29, 1.82) is 0 Å². The zero-order valence-corrected chi connectivity index (χ0v) is 12.7. The molecule has 0 saturated carbocycles. The summed E-state index contributed by atoms with van der Waals surface area (Å²) in [5.41, 5.74) is 0.640. The summed E-state index contributed by atoms with van der Waals surface area (Å²) in [5.74, 6) is 0.393. The molecule has 17 heavy (non-hydrogen) atoms. The average molecular weight is 323 g/mol. The standard InChI is InChI=1S/C13H18BrClFN/c1-8(2)4-5-13(17-3)9-6-11(15)10(14)7-12(9)16/h6-8,13,17H,4-5H2,1-3H3. The molecule has 0 saturated heterocycles. The first kappa shape index (κ1) is 14.9. The third-order valence-electron chi connectivity index (χ3n) is 2.80. The average Bonchev–Trinajstić information content (AvgIpc) is 2.25.